The van der Waals surface area contributed by atoms with Crippen molar-refractivity contribution < 1.29 is 0 Å². The van der Waals surface area contributed by atoms with E-state index < -0.39 is 0 Å². The first kappa shape index (κ1) is 20.9. The van der Waals surface area contributed by atoms with Crippen molar-refractivity contribution in [1.82, 2.24) is 0 Å². The molecule has 2 heteroatoms. The Morgan fingerprint density at radius 2 is 1.22 bits per heavy atom. The van der Waals surface area contributed by atoms with Crippen molar-refractivity contribution in [3.05, 3.63) is 0 Å². The third-order valence-corrected chi connectivity index (χ3v) is 5.21. The number of nitrogens with two attached hydrogens (primary N) is 1. The Bertz CT molecular complexity index is 214. The van der Waals surface area contributed by atoms with Gasteiger partial charge in [-0.15, -0.1) is 0 Å². The molecule has 0 aliphatic carbocycles. The molecule has 2 N–H and O–H groups in total. The van der Waals surface area contributed by atoms with Gasteiger partial charge < -0.3 is 5.73 Å². The summed E-state index contributed by atoms with van der Waals surface area (Å²) in [5, 5.41) is 0. The molecule has 0 fully saturated rings. The van der Waals surface area contributed by atoms with Crippen LogP contribution in [0.4, 0.5) is 0 Å². The van der Waals surface area contributed by atoms with E-state index in [2.05, 4.69) is 48.5 Å². The van der Waals surface area contributed by atoms with Gasteiger partial charge in [-0.25, -0.2) is 0 Å². The Balaban J connectivity index is 0. The molecule has 0 atom stereocenters. The molecule has 1 nitrogen and oxygen atoms in total. The van der Waals surface area contributed by atoms with Gasteiger partial charge in [-0.3, -0.25) is 0 Å². The van der Waals surface area contributed by atoms with Gasteiger partial charge in [0.05, 0.1) is 0 Å². The van der Waals surface area contributed by atoms with Crippen molar-refractivity contribution in [1.29, 1.82) is 0 Å². The van der Waals surface area contributed by atoms with Crippen molar-refractivity contribution in [3.8, 4) is 0 Å². The molecular weight excluding hydrogens is 213 g/mol. The number of rotatable bonds is 8. The molecule has 0 unspecified atom stereocenters. The Morgan fingerprint density at radius 1 is 0.778 bits per heavy atom. The van der Waals surface area contributed by atoms with Gasteiger partial charge in [-0.2, -0.15) is 0 Å². The van der Waals surface area contributed by atoms with E-state index in [0.717, 1.165) is 0 Å². The summed E-state index contributed by atoms with van der Waals surface area (Å²) in [6, 6.07) is 0. The van der Waals surface area contributed by atoms with Crippen molar-refractivity contribution in [2.75, 3.05) is 0 Å². The van der Waals surface area contributed by atoms with Crippen molar-refractivity contribution in [2.24, 2.45) is 16.6 Å². The largest absolute Gasteiger partial charge is 0.325 e. The molecule has 0 aliphatic heterocycles. The number of hydrogen-bond donors (Lipinski definition) is 1. The van der Waals surface area contributed by atoms with Crippen molar-refractivity contribution in [2.45, 2.75) is 92.5 Å². The molecule has 0 rings (SSSR count). The normalized spacial score (nSPS) is 13.3. The maximum absolute atomic E-state index is 6.35. The molecule has 0 aromatic carbocycles. The summed E-state index contributed by atoms with van der Waals surface area (Å²) in [6.07, 6.45) is 8.09. The molecule has 0 bridgehead atoms. The summed E-state index contributed by atoms with van der Waals surface area (Å²) >= 11 is 0. The first-order chi connectivity index (χ1) is 7.56. The van der Waals surface area contributed by atoms with Gasteiger partial charge in [-0.05, 0) is 31.1 Å². The molecule has 0 aromatic heterocycles. The van der Waals surface area contributed by atoms with Crippen molar-refractivity contribution >= 4 is 18.9 Å². The fourth-order valence-electron chi connectivity index (χ4n) is 2.36. The minimum absolute atomic E-state index is 0. The van der Waals surface area contributed by atoms with E-state index in [1.165, 1.54) is 38.5 Å². The van der Waals surface area contributed by atoms with Crippen LogP contribution < -0.4 is 5.73 Å². The smallest absolute Gasteiger partial charge is 0.0154 e. The molecular formula is C16H35LiN. The minimum Gasteiger partial charge on any atom is -0.325 e. The zero-order valence-electron chi connectivity index (χ0n) is 14.3. The zero-order chi connectivity index (χ0) is 13.7. The zero-order valence-corrected chi connectivity index (χ0v) is 14.3. The van der Waals surface area contributed by atoms with E-state index in [-0.39, 0.29) is 29.8 Å². The number of unbranched alkanes of at least 4 members (excludes halogenated alkanes) is 4. The Kier molecular flexibility index (Phi) is 9.25. The summed E-state index contributed by atoms with van der Waals surface area (Å²) in [6.45, 7) is 16.0. The summed E-state index contributed by atoms with van der Waals surface area (Å²) in [5.74, 6) is 0. The van der Waals surface area contributed by atoms with Gasteiger partial charge >= 0.3 is 0 Å². The van der Waals surface area contributed by atoms with Crippen LogP contribution in [0.2, 0.25) is 0 Å². The van der Waals surface area contributed by atoms with E-state index in [4.69, 9.17) is 5.73 Å². The van der Waals surface area contributed by atoms with E-state index in [0.29, 0.717) is 5.41 Å². The summed E-state index contributed by atoms with van der Waals surface area (Å²) in [5.41, 5.74) is 6.69. The quantitative estimate of drug-likeness (QED) is 0.486. The van der Waals surface area contributed by atoms with Crippen LogP contribution in [-0.4, -0.2) is 24.4 Å². The molecule has 0 amide bonds. The van der Waals surface area contributed by atoms with E-state index in [1.54, 1.807) is 0 Å². The predicted molar refractivity (Wildman–Crippen MR) is 85.0 cm³/mol. The SMILES string of the molecule is CCCCCCCC(C)(C)C(C)(C)C(C)(C)N.[Li]. The predicted octanol–water partition coefficient (Wildman–Crippen LogP) is 4.76. The van der Waals surface area contributed by atoms with Gasteiger partial charge in [-0.1, -0.05) is 66.7 Å². The molecule has 18 heavy (non-hydrogen) atoms. The second kappa shape index (κ2) is 7.98. The van der Waals surface area contributed by atoms with Crippen LogP contribution in [0.3, 0.4) is 0 Å². The summed E-state index contributed by atoms with van der Waals surface area (Å²) < 4.78 is 0. The van der Waals surface area contributed by atoms with Crippen LogP contribution in [0, 0.1) is 10.8 Å². The van der Waals surface area contributed by atoms with E-state index in [1.807, 2.05) is 0 Å². The maximum Gasteiger partial charge on any atom is 0.0154 e. The van der Waals surface area contributed by atoms with Crippen molar-refractivity contribution in [3.63, 3.8) is 0 Å². The second-order valence-corrected chi connectivity index (χ2v) is 7.39. The third-order valence-electron chi connectivity index (χ3n) is 5.21. The van der Waals surface area contributed by atoms with Gasteiger partial charge in [0.1, 0.15) is 0 Å². The average molecular weight is 248 g/mol. The minimum atomic E-state index is -0.125. The average Bonchev–Trinajstić information content (AvgIpc) is 2.15. The number of hydrogen-bond acceptors (Lipinski definition) is 1. The topological polar surface area (TPSA) is 26.0 Å². The van der Waals surface area contributed by atoms with Gasteiger partial charge in [0, 0.05) is 24.4 Å². The molecule has 105 valence electrons. The Hall–Kier alpha value is 0.557. The van der Waals surface area contributed by atoms with Crippen LogP contribution in [0.25, 0.3) is 0 Å². The van der Waals surface area contributed by atoms with Gasteiger partial charge in [0.2, 0.25) is 0 Å². The molecule has 0 heterocycles. The maximum atomic E-state index is 6.35. The van der Waals surface area contributed by atoms with Crippen LogP contribution in [-0.2, 0) is 0 Å². The molecule has 0 aromatic rings. The van der Waals surface area contributed by atoms with E-state index >= 15 is 0 Å². The van der Waals surface area contributed by atoms with Crippen LogP contribution >= 0.6 is 0 Å². The summed E-state index contributed by atoms with van der Waals surface area (Å²) in [7, 11) is 0. The Morgan fingerprint density at radius 3 is 1.61 bits per heavy atom. The fourth-order valence-corrected chi connectivity index (χ4v) is 2.36. The summed E-state index contributed by atoms with van der Waals surface area (Å²) in [4.78, 5) is 0. The van der Waals surface area contributed by atoms with E-state index in [9.17, 15) is 0 Å². The van der Waals surface area contributed by atoms with Crippen LogP contribution in [0.1, 0.15) is 87.0 Å². The molecule has 1 radical (unpaired) electrons. The van der Waals surface area contributed by atoms with Gasteiger partial charge in [0.15, 0.2) is 0 Å². The first-order valence-corrected chi connectivity index (χ1v) is 7.35. The monoisotopic (exact) mass is 248 g/mol. The molecule has 0 saturated heterocycles. The molecule has 0 saturated carbocycles. The first-order valence-electron chi connectivity index (χ1n) is 7.35. The standard InChI is InChI=1S/C16H35N.Li/c1-8-9-10-11-12-13-14(2,3)15(4,5)16(6,7)17;/h8-13,17H2,1-7H3;. The van der Waals surface area contributed by atoms with Crippen LogP contribution in [0.5, 0.6) is 0 Å². The van der Waals surface area contributed by atoms with Crippen LogP contribution in [0.15, 0.2) is 0 Å². The fraction of sp³-hybridized carbons (Fsp3) is 1.00. The second-order valence-electron chi connectivity index (χ2n) is 7.39. The molecule has 0 aliphatic rings. The Labute approximate surface area is 128 Å². The third kappa shape index (κ3) is 5.68. The molecule has 0 spiro atoms. The van der Waals surface area contributed by atoms with Gasteiger partial charge in [0.25, 0.3) is 0 Å².